The molecular weight excluding hydrogens is 386 g/mol. The molecule has 0 radical (unpaired) electrons. The summed E-state index contributed by atoms with van der Waals surface area (Å²) >= 11 is 5.88. The maximum atomic E-state index is 10.7. The number of nitrogens with one attached hydrogen (secondary N) is 2. The fraction of sp³-hybridized carbons (Fsp3) is 0.333. The van der Waals surface area contributed by atoms with E-state index in [1.807, 2.05) is 0 Å². The summed E-state index contributed by atoms with van der Waals surface area (Å²) in [7, 11) is 1.67. The van der Waals surface area contributed by atoms with Crippen molar-refractivity contribution in [3.05, 3.63) is 58.9 Å². The predicted molar refractivity (Wildman–Crippen MR) is 101 cm³/mol. The van der Waals surface area contributed by atoms with Crippen LogP contribution in [-0.4, -0.2) is 55.2 Å². The number of fused-ring (bicyclic) bond motifs is 1. The average molecular weight is 406 g/mol. The SMILES string of the molecule is CN/N=c1\nc[nH]c2c1ccn2[C@@H]1O[C@H]([C@H](O)c2ccc(Cl)cc2)[C@@H](O)[C@H]1O. The number of aromatic nitrogens is 3. The van der Waals surface area contributed by atoms with E-state index in [0.29, 0.717) is 27.1 Å². The molecule has 1 fully saturated rings. The fourth-order valence-electron chi connectivity index (χ4n) is 3.44. The summed E-state index contributed by atoms with van der Waals surface area (Å²) in [6.07, 6.45) is -2.39. The van der Waals surface area contributed by atoms with Crippen LogP contribution in [-0.2, 0) is 4.74 Å². The van der Waals surface area contributed by atoms with Crippen molar-refractivity contribution < 1.29 is 20.1 Å². The van der Waals surface area contributed by atoms with Crippen LogP contribution < -0.4 is 10.9 Å². The lowest BCUT2D eigenvalue weighted by Gasteiger charge is -2.21. The molecule has 5 atom stereocenters. The van der Waals surface area contributed by atoms with Crippen LogP contribution in [0.15, 0.2) is 48.0 Å². The molecule has 28 heavy (non-hydrogen) atoms. The van der Waals surface area contributed by atoms with Crippen molar-refractivity contribution in [3.63, 3.8) is 0 Å². The first kappa shape index (κ1) is 18.9. The maximum absolute atomic E-state index is 10.7. The lowest BCUT2D eigenvalue weighted by atomic mass is 9.99. The van der Waals surface area contributed by atoms with Crippen LogP contribution in [0, 0.1) is 0 Å². The second-order valence-corrected chi connectivity index (χ2v) is 6.95. The molecule has 0 spiro atoms. The number of aliphatic hydroxyl groups is 3. The van der Waals surface area contributed by atoms with Gasteiger partial charge in [-0.25, -0.2) is 4.98 Å². The highest BCUT2D eigenvalue weighted by atomic mass is 35.5. The number of hydrogen-bond donors (Lipinski definition) is 5. The van der Waals surface area contributed by atoms with Gasteiger partial charge >= 0.3 is 0 Å². The van der Waals surface area contributed by atoms with Crippen LogP contribution in [0.3, 0.4) is 0 Å². The Bertz CT molecular complexity index is 1030. The molecule has 0 amide bonds. The lowest BCUT2D eigenvalue weighted by Crippen LogP contribution is -2.34. The van der Waals surface area contributed by atoms with Crippen molar-refractivity contribution in [1.82, 2.24) is 20.0 Å². The summed E-state index contributed by atoms with van der Waals surface area (Å²) < 4.78 is 7.53. The predicted octanol–water partition coefficient (Wildman–Crippen LogP) is 0.406. The normalized spacial score (nSPS) is 26.7. The Morgan fingerprint density at radius 2 is 2.00 bits per heavy atom. The number of halogens is 1. The van der Waals surface area contributed by atoms with Crippen LogP contribution in [0.25, 0.3) is 11.0 Å². The Hall–Kier alpha value is -2.43. The van der Waals surface area contributed by atoms with Crippen molar-refractivity contribution in [2.24, 2.45) is 5.10 Å². The van der Waals surface area contributed by atoms with Crippen molar-refractivity contribution in [3.8, 4) is 0 Å². The highest BCUT2D eigenvalue weighted by Gasteiger charge is 2.47. The van der Waals surface area contributed by atoms with E-state index in [0.717, 1.165) is 0 Å². The van der Waals surface area contributed by atoms with E-state index in [1.54, 1.807) is 48.1 Å². The molecule has 5 N–H and O–H groups in total. The van der Waals surface area contributed by atoms with Crippen molar-refractivity contribution in [2.75, 3.05) is 7.05 Å². The maximum Gasteiger partial charge on any atom is 0.184 e. The number of benzene rings is 1. The van der Waals surface area contributed by atoms with Crippen molar-refractivity contribution in [2.45, 2.75) is 30.6 Å². The van der Waals surface area contributed by atoms with Crippen molar-refractivity contribution in [1.29, 1.82) is 0 Å². The quantitative estimate of drug-likeness (QED) is 0.400. The highest BCUT2D eigenvalue weighted by molar-refractivity contribution is 6.30. The van der Waals surface area contributed by atoms with Crippen LogP contribution >= 0.6 is 11.6 Å². The summed E-state index contributed by atoms with van der Waals surface area (Å²) in [5, 5.41) is 37.1. The molecule has 3 aromatic rings. The van der Waals surface area contributed by atoms with Crippen LogP contribution in [0.2, 0.25) is 5.02 Å². The Kier molecular flexibility index (Phi) is 5.09. The molecule has 1 saturated heterocycles. The Morgan fingerprint density at radius 3 is 2.71 bits per heavy atom. The largest absolute Gasteiger partial charge is 0.387 e. The fourth-order valence-corrected chi connectivity index (χ4v) is 3.56. The smallest absolute Gasteiger partial charge is 0.184 e. The minimum Gasteiger partial charge on any atom is -0.387 e. The van der Waals surface area contributed by atoms with Gasteiger partial charge in [0.2, 0.25) is 0 Å². The second-order valence-electron chi connectivity index (χ2n) is 6.52. The molecular formula is C18H20ClN5O4. The van der Waals surface area contributed by atoms with Crippen LogP contribution in [0.5, 0.6) is 0 Å². The zero-order chi connectivity index (χ0) is 19.8. The molecule has 1 aliphatic rings. The molecule has 2 aromatic heterocycles. The minimum atomic E-state index is -1.28. The van der Waals surface area contributed by atoms with Crippen LogP contribution in [0.1, 0.15) is 17.9 Å². The van der Waals surface area contributed by atoms with E-state index < -0.39 is 30.6 Å². The number of aliphatic hydroxyl groups excluding tert-OH is 3. The van der Waals surface area contributed by atoms with E-state index in [9.17, 15) is 15.3 Å². The summed E-state index contributed by atoms with van der Waals surface area (Å²) in [4.78, 5) is 7.17. The molecule has 4 rings (SSSR count). The van der Waals surface area contributed by atoms with Gasteiger partial charge in [0, 0.05) is 18.3 Å². The van der Waals surface area contributed by atoms with Crippen molar-refractivity contribution >= 4 is 22.6 Å². The van der Waals surface area contributed by atoms with Crippen LogP contribution in [0.4, 0.5) is 0 Å². The van der Waals surface area contributed by atoms with E-state index in [1.165, 1.54) is 6.33 Å². The third kappa shape index (κ3) is 3.17. The van der Waals surface area contributed by atoms with Gasteiger partial charge in [-0.2, -0.15) is 5.10 Å². The average Bonchev–Trinajstić information content (AvgIpc) is 3.25. The molecule has 9 nitrogen and oxygen atoms in total. The van der Waals surface area contributed by atoms with Gasteiger partial charge < -0.3 is 35.0 Å². The Morgan fingerprint density at radius 1 is 1.25 bits per heavy atom. The van der Waals surface area contributed by atoms with E-state index >= 15 is 0 Å². The van der Waals surface area contributed by atoms with Gasteiger partial charge in [0.25, 0.3) is 0 Å². The molecule has 3 heterocycles. The van der Waals surface area contributed by atoms with Gasteiger partial charge in [0.05, 0.1) is 11.7 Å². The zero-order valence-corrected chi connectivity index (χ0v) is 15.7. The number of H-pyrrole nitrogens is 1. The van der Waals surface area contributed by atoms with Gasteiger partial charge in [-0.1, -0.05) is 23.7 Å². The van der Waals surface area contributed by atoms with Gasteiger partial charge in [-0.3, -0.25) is 0 Å². The Labute approximate surface area is 164 Å². The monoisotopic (exact) mass is 405 g/mol. The first-order valence-electron chi connectivity index (χ1n) is 8.71. The lowest BCUT2D eigenvalue weighted by molar-refractivity contribution is -0.0848. The zero-order valence-electron chi connectivity index (χ0n) is 14.9. The summed E-state index contributed by atoms with van der Waals surface area (Å²) in [5.74, 6) is 0. The summed E-state index contributed by atoms with van der Waals surface area (Å²) in [6.45, 7) is 0. The number of ether oxygens (including phenoxy) is 1. The van der Waals surface area contributed by atoms with Gasteiger partial charge in [-0.05, 0) is 23.8 Å². The van der Waals surface area contributed by atoms with E-state index in [2.05, 4.69) is 20.5 Å². The third-order valence-electron chi connectivity index (χ3n) is 4.83. The molecule has 0 unspecified atom stereocenters. The molecule has 0 bridgehead atoms. The Balaban J connectivity index is 1.67. The molecule has 0 saturated carbocycles. The summed E-state index contributed by atoms with van der Waals surface area (Å²) in [6, 6.07) is 8.37. The second kappa shape index (κ2) is 7.53. The van der Waals surface area contributed by atoms with Gasteiger partial charge in [0.1, 0.15) is 30.1 Å². The first-order valence-corrected chi connectivity index (χ1v) is 9.09. The molecule has 10 heteroatoms. The topological polar surface area (TPSA) is 128 Å². The number of nitrogens with zero attached hydrogens (tertiary/aromatic N) is 3. The molecule has 1 aliphatic heterocycles. The van der Waals surface area contributed by atoms with Gasteiger partial charge in [0.15, 0.2) is 11.7 Å². The molecule has 148 valence electrons. The van der Waals surface area contributed by atoms with Gasteiger partial charge in [-0.15, -0.1) is 0 Å². The number of aromatic amines is 1. The highest BCUT2D eigenvalue weighted by Crippen LogP contribution is 2.37. The molecule has 0 aliphatic carbocycles. The first-order chi connectivity index (χ1) is 13.5. The number of hydrogen-bond acceptors (Lipinski definition) is 7. The molecule has 1 aromatic carbocycles. The minimum absolute atomic E-state index is 0.473. The third-order valence-corrected chi connectivity index (χ3v) is 5.09. The summed E-state index contributed by atoms with van der Waals surface area (Å²) in [5.41, 5.74) is 4.31. The van der Waals surface area contributed by atoms with E-state index in [-0.39, 0.29) is 0 Å². The number of rotatable bonds is 4. The standard InChI is InChI=1S/C18H20ClN5O4/c1-20-23-16-11-6-7-24(17(11)22-8-21-16)18-14(27)13(26)15(28-18)12(25)9-2-4-10(19)5-3-9/h2-8,12-15,18,20,25-27H,1H3,(H,21,22,23)/t12-,13+,14-,15-,18-/m1/s1. The van der Waals surface area contributed by atoms with E-state index in [4.69, 9.17) is 16.3 Å².